The number of anilines is 2. The summed E-state index contributed by atoms with van der Waals surface area (Å²) in [6, 6.07) is 13.4. The number of amides is 1. The van der Waals surface area contributed by atoms with Crippen LogP contribution in [-0.2, 0) is 6.42 Å². The van der Waals surface area contributed by atoms with E-state index in [1.165, 1.54) is 0 Å². The SMILES string of the molecule is Cc1cc(Nc2ccnc(CC3CCC(NC(=O)c4ccccc4)CC3)n2)n[nH]1. The molecular weight excluding hydrogens is 364 g/mol. The second-order valence-electron chi connectivity index (χ2n) is 7.68. The molecule has 150 valence electrons. The summed E-state index contributed by atoms with van der Waals surface area (Å²) in [7, 11) is 0. The van der Waals surface area contributed by atoms with Crippen LogP contribution in [0, 0.1) is 12.8 Å². The van der Waals surface area contributed by atoms with Gasteiger partial charge in [-0.3, -0.25) is 9.89 Å². The average Bonchev–Trinajstić information content (AvgIpc) is 3.15. The van der Waals surface area contributed by atoms with Crippen LogP contribution in [0.5, 0.6) is 0 Å². The molecular formula is C22H26N6O. The summed E-state index contributed by atoms with van der Waals surface area (Å²) in [5.41, 5.74) is 1.72. The van der Waals surface area contributed by atoms with Crippen molar-refractivity contribution in [1.82, 2.24) is 25.5 Å². The Bertz CT molecular complexity index is 947. The van der Waals surface area contributed by atoms with E-state index in [0.29, 0.717) is 5.92 Å². The van der Waals surface area contributed by atoms with Crippen molar-refractivity contribution in [3.05, 3.63) is 65.7 Å². The first-order valence-electron chi connectivity index (χ1n) is 10.1. The summed E-state index contributed by atoms with van der Waals surface area (Å²) in [5, 5.41) is 13.5. The number of rotatable bonds is 6. The largest absolute Gasteiger partial charge is 0.349 e. The maximum Gasteiger partial charge on any atom is 0.251 e. The smallest absolute Gasteiger partial charge is 0.251 e. The van der Waals surface area contributed by atoms with Crippen LogP contribution in [0.15, 0.2) is 48.7 Å². The molecule has 7 nitrogen and oxygen atoms in total. The van der Waals surface area contributed by atoms with Crippen LogP contribution in [0.3, 0.4) is 0 Å². The number of hydrogen-bond acceptors (Lipinski definition) is 5. The van der Waals surface area contributed by atoms with Crippen LogP contribution in [0.1, 0.15) is 47.6 Å². The zero-order chi connectivity index (χ0) is 20.1. The van der Waals surface area contributed by atoms with Gasteiger partial charge in [-0.25, -0.2) is 9.97 Å². The molecule has 1 amide bonds. The number of hydrogen-bond donors (Lipinski definition) is 3. The zero-order valence-electron chi connectivity index (χ0n) is 16.6. The third-order valence-electron chi connectivity index (χ3n) is 5.36. The van der Waals surface area contributed by atoms with Crippen LogP contribution in [0.4, 0.5) is 11.6 Å². The van der Waals surface area contributed by atoms with Gasteiger partial charge in [0.1, 0.15) is 11.6 Å². The Morgan fingerprint density at radius 1 is 1.10 bits per heavy atom. The highest BCUT2D eigenvalue weighted by Crippen LogP contribution is 2.27. The number of aryl methyl sites for hydroxylation is 1. The minimum absolute atomic E-state index is 0.0183. The van der Waals surface area contributed by atoms with Crippen molar-refractivity contribution in [2.75, 3.05) is 5.32 Å². The topological polar surface area (TPSA) is 95.6 Å². The Hall–Kier alpha value is -3.22. The maximum absolute atomic E-state index is 12.3. The molecule has 0 aliphatic heterocycles. The fraction of sp³-hybridized carbons (Fsp3) is 0.364. The van der Waals surface area contributed by atoms with Gasteiger partial charge in [0, 0.05) is 36.0 Å². The molecule has 0 saturated heterocycles. The molecule has 0 radical (unpaired) electrons. The van der Waals surface area contributed by atoms with Crippen LogP contribution < -0.4 is 10.6 Å². The van der Waals surface area contributed by atoms with E-state index >= 15 is 0 Å². The highest BCUT2D eigenvalue weighted by Gasteiger charge is 2.23. The second kappa shape index (κ2) is 8.86. The Balaban J connectivity index is 1.27. The summed E-state index contributed by atoms with van der Waals surface area (Å²) in [6.45, 7) is 1.96. The first kappa shape index (κ1) is 19.1. The highest BCUT2D eigenvalue weighted by atomic mass is 16.1. The third-order valence-corrected chi connectivity index (χ3v) is 5.36. The summed E-state index contributed by atoms with van der Waals surface area (Å²) in [5.74, 6) is 2.92. The van der Waals surface area contributed by atoms with E-state index in [1.807, 2.05) is 49.4 Å². The van der Waals surface area contributed by atoms with Gasteiger partial charge in [-0.1, -0.05) is 18.2 Å². The molecule has 1 aromatic carbocycles. The highest BCUT2D eigenvalue weighted by molar-refractivity contribution is 5.94. The Kier molecular flexibility index (Phi) is 5.84. The number of nitrogens with one attached hydrogen (secondary N) is 3. The van der Waals surface area contributed by atoms with E-state index < -0.39 is 0 Å². The van der Waals surface area contributed by atoms with E-state index in [1.54, 1.807) is 6.20 Å². The lowest BCUT2D eigenvalue weighted by Gasteiger charge is -2.28. The van der Waals surface area contributed by atoms with E-state index in [2.05, 4.69) is 30.8 Å². The summed E-state index contributed by atoms with van der Waals surface area (Å²) < 4.78 is 0. The first-order valence-corrected chi connectivity index (χ1v) is 10.1. The maximum atomic E-state index is 12.3. The van der Waals surface area contributed by atoms with Crippen molar-refractivity contribution in [3.63, 3.8) is 0 Å². The molecule has 0 unspecified atom stereocenters. The molecule has 0 bridgehead atoms. The second-order valence-corrected chi connectivity index (χ2v) is 7.68. The Morgan fingerprint density at radius 3 is 2.62 bits per heavy atom. The fourth-order valence-corrected chi connectivity index (χ4v) is 3.81. The lowest BCUT2D eigenvalue weighted by Crippen LogP contribution is -2.37. The zero-order valence-corrected chi connectivity index (χ0v) is 16.6. The molecule has 0 spiro atoms. The Morgan fingerprint density at radius 2 is 1.90 bits per heavy atom. The van der Waals surface area contributed by atoms with Gasteiger partial charge in [0.25, 0.3) is 5.91 Å². The van der Waals surface area contributed by atoms with Gasteiger partial charge >= 0.3 is 0 Å². The molecule has 1 aliphatic carbocycles. The number of aromatic nitrogens is 4. The van der Waals surface area contributed by atoms with Gasteiger partial charge in [0.2, 0.25) is 0 Å². The summed E-state index contributed by atoms with van der Waals surface area (Å²) >= 11 is 0. The van der Waals surface area contributed by atoms with Crippen molar-refractivity contribution >= 4 is 17.5 Å². The van der Waals surface area contributed by atoms with E-state index in [0.717, 1.165) is 60.8 Å². The van der Waals surface area contributed by atoms with E-state index in [-0.39, 0.29) is 11.9 Å². The van der Waals surface area contributed by atoms with Crippen molar-refractivity contribution in [2.24, 2.45) is 5.92 Å². The quantitative estimate of drug-likeness (QED) is 0.595. The van der Waals surface area contributed by atoms with Gasteiger partial charge in [0.05, 0.1) is 0 Å². The van der Waals surface area contributed by atoms with Crippen molar-refractivity contribution in [2.45, 2.75) is 45.1 Å². The van der Waals surface area contributed by atoms with E-state index in [4.69, 9.17) is 0 Å². The number of carbonyl (C=O) groups is 1. The predicted octanol–water partition coefficient (Wildman–Crippen LogP) is 3.78. The standard InChI is InChI=1S/C22H26N6O/c1-15-13-21(28-27-15)26-19-11-12-23-20(25-19)14-16-7-9-18(10-8-16)24-22(29)17-5-3-2-4-6-17/h2-6,11-13,16,18H,7-10,14H2,1H3,(H,24,29)(H2,23,25,26,27,28). The van der Waals surface area contributed by atoms with Crippen LogP contribution in [0.25, 0.3) is 0 Å². The third kappa shape index (κ3) is 5.19. The van der Waals surface area contributed by atoms with Crippen LogP contribution in [-0.4, -0.2) is 32.1 Å². The average molecular weight is 390 g/mol. The molecule has 7 heteroatoms. The first-order chi connectivity index (χ1) is 14.2. The molecule has 29 heavy (non-hydrogen) atoms. The van der Waals surface area contributed by atoms with Gasteiger partial charge in [-0.2, -0.15) is 5.10 Å². The molecule has 0 atom stereocenters. The lowest BCUT2D eigenvalue weighted by molar-refractivity contribution is 0.0921. The molecule has 1 fully saturated rings. The van der Waals surface area contributed by atoms with Gasteiger partial charge < -0.3 is 10.6 Å². The number of benzene rings is 1. The number of carbonyl (C=O) groups excluding carboxylic acids is 1. The fourth-order valence-electron chi connectivity index (χ4n) is 3.81. The number of H-pyrrole nitrogens is 1. The van der Waals surface area contributed by atoms with Gasteiger partial charge in [0.15, 0.2) is 5.82 Å². The summed E-state index contributed by atoms with van der Waals surface area (Å²) in [4.78, 5) is 21.4. The minimum Gasteiger partial charge on any atom is -0.349 e. The van der Waals surface area contributed by atoms with Gasteiger partial charge in [-0.05, 0) is 56.7 Å². The van der Waals surface area contributed by atoms with Crippen molar-refractivity contribution in [1.29, 1.82) is 0 Å². The molecule has 3 N–H and O–H groups in total. The Labute approximate surface area is 170 Å². The molecule has 1 saturated carbocycles. The molecule has 2 heterocycles. The predicted molar refractivity (Wildman–Crippen MR) is 112 cm³/mol. The monoisotopic (exact) mass is 390 g/mol. The van der Waals surface area contributed by atoms with Crippen LogP contribution in [0.2, 0.25) is 0 Å². The molecule has 1 aliphatic rings. The van der Waals surface area contributed by atoms with Crippen molar-refractivity contribution in [3.8, 4) is 0 Å². The van der Waals surface area contributed by atoms with E-state index in [9.17, 15) is 4.79 Å². The number of aromatic amines is 1. The lowest BCUT2D eigenvalue weighted by atomic mass is 9.84. The molecule has 3 aromatic rings. The van der Waals surface area contributed by atoms with Gasteiger partial charge in [-0.15, -0.1) is 0 Å². The van der Waals surface area contributed by atoms with Crippen molar-refractivity contribution < 1.29 is 4.79 Å². The van der Waals surface area contributed by atoms with Crippen LogP contribution >= 0.6 is 0 Å². The normalized spacial score (nSPS) is 18.9. The number of nitrogens with zero attached hydrogens (tertiary/aromatic N) is 3. The molecule has 4 rings (SSSR count). The summed E-state index contributed by atoms with van der Waals surface area (Å²) in [6.07, 6.45) is 6.77. The molecule has 2 aromatic heterocycles. The minimum atomic E-state index is 0.0183.